The lowest BCUT2D eigenvalue weighted by Gasteiger charge is -2.16. The minimum absolute atomic E-state index is 0.0224. The molecule has 0 saturated heterocycles. The van der Waals surface area contributed by atoms with Crippen molar-refractivity contribution in [2.75, 3.05) is 7.11 Å². The van der Waals surface area contributed by atoms with Crippen LogP contribution < -0.4 is 5.32 Å². The lowest BCUT2D eigenvalue weighted by Crippen LogP contribution is -2.18. The fourth-order valence-electron chi connectivity index (χ4n) is 4.54. The summed E-state index contributed by atoms with van der Waals surface area (Å²) in [5.41, 5.74) is 6.60. The summed E-state index contributed by atoms with van der Waals surface area (Å²) < 4.78 is 5.00. The van der Waals surface area contributed by atoms with E-state index in [2.05, 4.69) is 10.3 Å². The molecule has 1 aliphatic rings. The van der Waals surface area contributed by atoms with Gasteiger partial charge in [-0.1, -0.05) is 27.7 Å². The van der Waals surface area contributed by atoms with Crippen LogP contribution in [0, 0.1) is 10.1 Å². The Morgan fingerprint density at radius 3 is 2.00 bits per heavy atom. The van der Waals surface area contributed by atoms with Crippen molar-refractivity contribution in [3.05, 3.63) is 79.3 Å². The summed E-state index contributed by atoms with van der Waals surface area (Å²) in [7, 11) is 1.34. The van der Waals surface area contributed by atoms with E-state index in [-0.39, 0.29) is 11.6 Å². The highest BCUT2D eigenvalue weighted by Gasteiger charge is 2.31. The van der Waals surface area contributed by atoms with Crippen molar-refractivity contribution in [3.63, 3.8) is 0 Å². The number of amides is 1. The topological polar surface area (TPSA) is 114 Å². The molecule has 3 rings (SSSR count). The Balaban J connectivity index is 2.40. The van der Waals surface area contributed by atoms with E-state index in [1.54, 1.807) is 12.1 Å². The maximum atomic E-state index is 12.8. The first-order valence-electron chi connectivity index (χ1n) is 11.2. The number of H-pyrrole nitrogens is 1. The summed E-state index contributed by atoms with van der Waals surface area (Å²) in [6.45, 7) is 7.91. The molecule has 8 nitrogen and oxygen atoms in total. The van der Waals surface area contributed by atoms with E-state index in [9.17, 15) is 19.7 Å². The Morgan fingerprint density at radius 2 is 1.52 bits per heavy atom. The van der Waals surface area contributed by atoms with Gasteiger partial charge in [0.2, 0.25) is 0 Å². The SMILES string of the molecule is CCC1=C(CC)/C(=C(\c2ccc([N+](=O)[O-])cc2)c2[nH]c(C(=O)OC)c(CC)c2CC)NC1=O. The quantitative estimate of drug-likeness (QED) is 0.339. The van der Waals surface area contributed by atoms with Crippen LogP contribution in [0.25, 0.3) is 5.57 Å². The van der Waals surface area contributed by atoms with Crippen LogP contribution in [0.5, 0.6) is 0 Å². The van der Waals surface area contributed by atoms with Crippen LogP contribution in [0.3, 0.4) is 0 Å². The molecule has 1 aromatic carbocycles. The van der Waals surface area contributed by atoms with E-state index in [0.29, 0.717) is 53.9 Å². The first-order chi connectivity index (χ1) is 15.8. The highest BCUT2D eigenvalue weighted by molar-refractivity contribution is 6.04. The lowest BCUT2D eigenvalue weighted by atomic mass is 9.91. The largest absolute Gasteiger partial charge is 0.464 e. The second kappa shape index (κ2) is 9.85. The van der Waals surface area contributed by atoms with Gasteiger partial charge in [-0.3, -0.25) is 14.9 Å². The number of non-ortho nitro benzene ring substituents is 1. The molecule has 8 heteroatoms. The van der Waals surface area contributed by atoms with Gasteiger partial charge in [0.25, 0.3) is 11.6 Å². The maximum absolute atomic E-state index is 12.8. The number of ether oxygens (including phenoxy) is 1. The number of nitrogens with zero attached hydrogens (tertiary/aromatic N) is 1. The molecule has 0 spiro atoms. The number of carbonyl (C=O) groups excluding carboxylic acids is 2. The molecular weight excluding hydrogens is 422 g/mol. The number of rotatable bonds is 8. The predicted molar refractivity (Wildman–Crippen MR) is 126 cm³/mol. The Hall–Kier alpha value is -3.68. The zero-order valence-electron chi connectivity index (χ0n) is 19.6. The van der Waals surface area contributed by atoms with Gasteiger partial charge in [0.05, 0.1) is 23.4 Å². The van der Waals surface area contributed by atoms with Gasteiger partial charge in [-0.2, -0.15) is 0 Å². The fraction of sp³-hybridized carbons (Fsp3) is 0.360. The van der Waals surface area contributed by atoms with Crippen molar-refractivity contribution >= 4 is 23.1 Å². The molecule has 0 fully saturated rings. The summed E-state index contributed by atoms with van der Waals surface area (Å²) >= 11 is 0. The van der Waals surface area contributed by atoms with Crippen molar-refractivity contribution in [1.29, 1.82) is 0 Å². The molecule has 174 valence electrons. The standard InChI is InChI=1S/C25H29N3O5/c1-6-16-17(7-2)23(25(30)33-5)26-21(16)20(14-10-12-15(13-11-14)28(31)32)22-18(8-3)19(9-4)24(29)27-22/h10-13,26H,6-9H2,1-5H3,(H,27,29)/b22-20-. The van der Waals surface area contributed by atoms with Gasteiger partial charge in [-0.05, 0) is 60.1 Å². The number of nitrogens with one attached hydrogen (secondary N) is 2. The number of carbonyl (C=O) groups is 2. The molecule has 1 amide bonds. The molecule has 2 aromatic rings. The smallest absolute Gasteiger partial charge is 0.354 e. The maximum Gasteiger partial charge on any atom is 0.354 e. The minimum atomic E-state index is -0.461. The first-order valence-corrected chi connectivity index (χ1v) is 11.2. The van der Waals surface area contributed by atoms with E-state index in [1.807, 2.05) is 27.7 Å². The number of nitro groups is 1. The monoisotopic (exact) mass is 451 g/mol. The number of aromatic amines is 1. The van der Waals surface area contributed by atoms with Crippen LogP contribution in [-0.2, 0) is 22.4 Å². The zero-order chi connectivity index (χ0) is 24.3. The first kappa shape index (κ1) is 24.0. The second-order valence-electron chi connectivity index (χ2n) is 7.70. The van der Waals surface area contributed by atoms with E-state index in [1.165, 1.54) is 19.2 Å². The van der Waals surface area contributed by atoms with Gasteiger partial charge >= 0.3 is 5.97 Å². The summed E-state index contributed by atoms with van der Waals surface area (Å²) in [5, 5.41) is 14.2. The average molecular weight is 452 g/mol. The molecule has 1 aliphatic heterocycles. The van der Waals surface area contributed by atoms with Crippen LogP contribution in [0.1, 0.15) is 73.4 Å². The van der Waals surface area contributed by atoms with Crippen LogP contribution >= 0.6 is 0 Å². The molecule has 2 heterocycles. The predicted octanol–water partition coefficient (Wildman–Crippen LogP) is 4.84. The van der Waals surface area contributed by atoms with Gasteiger partial charge in [0, 0.05) is 23.3 Å². The van der Waals surface area contributed by atoms with E-state index >= 15 is 0 Å². The van der Waals surface area contributed by atoms with Crippen LogP contribution in [0.2, 0.25) is 0 Å². The number of hydrogen-bond acceptors (Lipinski definition) is 5. The Bertz CT molecular complexity index is 1170. The molecule has 0 unspecified atom stereocenters. The summed E-state index contributed by atoms with van der Waals surface area (Å²) in [5.74, 6) is -0.603. The molecule has 1 aromatic heterocycles. The molecule has 0 saturated carbocycles. The van der Waals surface area contributed by atoms with Crippen molar-refractivity contribution < 1.29 is 19.2 Å². The molecule has 2 N–H and O–H groups in total. The Labute approximate surface area is 192 Å². The van der Waals surface area contributed by atoms with E-state index in [0.717, 1.165) is 22.3 Å². The fourth-order valence-corrected chi connectivity index (χ4v) is 4.54. The Morgan fingerprint density at radius 1 is 0.939 bits per heavy atom. The minimum Gasteiger partial charge on any atom is -0.464 e. The van der Waals surface area contributed by atoms with Crippen LogP contribution in [0.4, 0.5) is 5.69 Å². The number of nitro benzene ring substituents is 1. The van der Waals surface area contributed by atoms with Crippen molar-refractivity contribution in [2.24, 2.45) is 0 Å². The van der Waals surface area contributed by atoms with Crippen molar-refractivity contribution in [2.45, 2.75) is 53.4 Å². The molecular formula is C25H29N3O5. The molecule has 0 aliphatic carbocycles. The summed E-state index contributed by atoms with van der Waals surface area (Å²) in [4.78, 5) is 39.3. The summed E-state index contributed by atoms with van der Waals surface area (Å²) in [6, 6.07) is 6.24. The third-order valence-electron chi connectivity index (χ3n) is 6.07. The van der Waals surface area contributed by atoms with Crippen LogP contribution in [-0.4, -0.2) is 28.9 Å². The number of allylic oxidation sites excluding steroid dienone is 1. The van der Waals surface area contributed by atoms with Gasteiger partial charge in [-0.25, -0.2) is 4.79 Å². The number of esters is 1. The van der Waals surface area contributed by atoms with Gasteiger partial charge in [0.15, 0.2) is 0 Å². The molecule has 33 heavy (non-hydrogen) atoms. The number of benzene rings is 1. The number of methoxy groups -OCH3 is 1. The van der Waals surface area contributed by atoms with Gasteiger partial charge < -0.3 is 15.0 Å². The van der Waals surface area contributed by atoms with Crippen LogP contribution in [0.15, 0.2) is 41.1 Å². The Kier molecular flexibility index (Phi) is 7.16. The van der Waals surface area contributed by atoms with Gasteiger partial charge in [-0.15, -0.1) is 0 Å². The summed E-state index contributed by atoms with van der Waals surface area (Å²) in [6.07, 6.45) is 2.50. The van der Waals surface area contributed by atoms with E-state index < -0.39 is 10.9 Å². The normalized spacial score (nSPS) is 15.0. The third-order valence-corrected chi connectivity index (χ3v) is 6.07. The average Bonchev–Trinajstić information content (AvgIpc) is 3.35. The van der Waals surface area contributed by atoms with E-state index in [4.69, 9.17) is 4.74 Å². The second-order valence-corrected chi connectivity index (χ2v) is 7.70. The molecule has 0 bridgehead atoms. The molecule has 0 atom stereocenters. The highest BCUT2D eigenvalue weighted by atomic mass is 16.6. The van der Waals surface area contributed by atoms with Crippen molar-refractivity contribution in [1.82, 2.24) is 10.3 Å². The zero-order valence-corrected chi connectivity index (χ0v) is 19.6. The van der Waals surface area contributed by atoms with Gasteiger partial charge in [0.1, 0.15) is 5.69 Å². The lowest BCUT2D eigenvalue weighted by molar-refractivity contribution is -0.384. The third kappa shape index (κ3) is 4.20. The number of aromatic nitrogens is 1. The van der Waals surface area contributed by atoms with Crippen molar-refractivity contribution in [3.8, 4) is 0 Å². The number of hydrogen-bond donors (Lipinski definition) is 2. The highest BCUT2D eigenvalue weighted by Crippen LogP contribution is 2.38. The molecule has 0 radical (unpaired) electrons.